The molecule has 0 aromatic carbocycles. The fourth-order valence-corrected chi connectivity index (χ4v) is 3.81. The smallest absolute Gasteiger partial charge is 0.0762 e. The Morgan fingerprint density at radius 3 is 2.28 bits per heavy atom. The highest BCUT2D eigenvalue weighted by Gasteiger charge is 2.53. The van der Waals surface area contributed by atoms with E-state index in [-0.39, 0.29) is 11.5 Å². The number of hydrogen-bond donors (Lipinski definition) is 2. The maximum absolute atomic E-state index is 11.1. The molecule has 1 saturated carbocycles. The Morgan fingerprint density at radius 1 is 1.17 bits per heavy atom. The molecule has 2 aliphatic rings. The summed E-state index contributed by atoms with van der Waals surface area (Å²) in [7, 11) is 0. The molecule has 1 saturated heterocycles. The molecule has 0 aromatic rings. The van der Waals surface area contributed by atoms with Crippen molar-refractivity contribution in [1.29, 1.82) is 0 Å². The molecule has 2 unspecified atom stereocenters. The highest BCUT2D eigenvalue weighted by molar-refractivity contribution is 5.04. The van der Waals surface area contributed by atoms with Crippen molar-refractivity contribution in [2.75, 3.05) is 13.2 Å². The van der Waals surface area contributed by atoms with Gasteiger partial charge in [-0.2, -0.15) is 0 Å². The van der Waals surface area contributed by atoms with E-state index in [1.54, 1.807) is 0 Å². The number of aliphatic hydroxyl groups is 1. The zero-order valence-electron chi connectivity index (χ0n) is 12.2. The quantitative estimate of drug-likeness (QED) is 0.797. The third-order valence-electron chi connectivity index (χ3n) is 5.48. The van der Waals surface area contributed by atoms with Gasteiger partial charge in [-0.25, -0.2) is 0 Å². The molecule has 1 heterocycles. The topological polar surface area (TPSA) is 55.5 Å². The molecule has 2 rings (SSSR count). The largest absolute Gasteiger partial charge is 0.389 e. The van der Waals surface area contributed by atoms with Crippen molar-refractivity contribution >= 4 is 0 Å². The molecule has 18 heavy (non-hydrogen) atoms. The van der Waals surface area contributed by atoms with Gasteiger partial charge in [-0.05, 0) is 38.0 Å². The second-order valence-electron chi connectivity index (χ2n) is 7.32. The van der Waals surface area contributed by atoms with Crippen molar-refractivity contribution in [3.05, 3.63) is 0 Å². The lowest BCUT2D eigenvalue weighted by Gasteiger charge is -2.54. The fraction of sp³-hybridized carbons (Fsp3) is 1.00. The summed E-state index contributed by atoms with van der Waals surface area (Å²) in [4.78, 5) is 0. The first kappa shape index (κ1) is 14.3. The van der Waals surface area contributed by atoms with Crippen LogP contribution in [0.3, 0.4) is 0 Å². The molecule has 0 spiro atoms. The van der Waals surface area contributed by atoms with Gasteiger partial charge in [0, 0.05) is 31.4 Å². The lowest BCUT2D eigenvalue weighted by Crippen LogP contribution is -2.58. The molecule has 0 radical (unpaired) electrons. The SMILES string of the molecule is CC1CC(O)(C2(CN)CCC(C)(C)CC2)CCO1. The van der Waals surface area contributed by atoms with Crippen molar-refractivity contribution in [1.82, 2.24) is 0 Å². The van der Waals surface area contributed by atoms with Crippen LogP contribution in [0, 0.1) is 10.8 Å². The summed E-state index contributed by atoms with van der Waals surface area (Å²) >= 11 is 0. The van der Waals surface area contributed by atoms with Gasteiger partial charge in [0.2, 0.25) is 0 Å². The van der Waals surface area contributed by atoms with E-state index in [0.29, 0.717) is 18.6 Å². The summed E-state index contributed by atoms with van der Waals surface area (Å²) in [5, 5.41) is 11.1. The zero-order valence-corrected chi connectivity index (χ0v) is 12.2. The zero-order chi connectivity index (χ0) is 13.4. The number of rotatable bonds is 2. The number of nitrogens with two attached hydrogens (primary N) is 1. The molecule has 2 atom stereocenters. The summed E-state index contributed by atoms with van der Waals surface area (Å²) in [6.45, 7) is 7.98. The molecular formula is C15H29NO2. The van der Waals surface area contributed by atoms with Crippen molar-refractivity contribution in [3.8, 4) is 0 Å². The van der Waals surface area contributed by atoms with E-state index in [1.165, 1.54) is 12.8 Å². The summed E-state index contributed by atoms with van der Waals surface area (Å²) in [6, 6.07) is 0. The van der Waals surface area contributed by atoms with Gasteiger partial charge in [0.1, 0.15) is 0 Å². The lowest BCUT2D eigenvalue weighted by molar-refractivity contribution is -0.177. The maximum atomic E-state index is 11.1. The molecule has 0 aromatic heterocycles. The minimum absolute atomic E-state index is 0.0828. The molecule has 0 amide bonds. The average molecular weight is 255 g/mol. The Balaban J connectivity index is 2.17. The molecule has 0 bridgehead atoms. The van der Waals surface area contributed by atoms with Gasteiger partial charge < -0.3 is 15.6 Å². The summed E-state index contributed by atoms with van der Waals surface area (Å²) in [5.41, 5.74) is 5.80. The van der Waals surface area contributed by atoms with Crippen LogP contribution in [-0.4, -0.2) is 30.0 Å². The Labute approximate surface area is 111 Å². The predicted molar refractivity (Wildman–Crippen MR) is 73.3 cm³/mol. The predicted octanol–water partition coefficient (Wildman–Crippen LogP) is 2.46. The van der Waals surface area contributed by atoms with Gasteiger partial charge in [0.05, 0.1) is 11.7 Å². The highest BCUT2D eigenvalue weighted by Crippen LogP contribution is 2.53. The van der Waals surface area contributed by atoms with E-state index in [1.807, 2.05) is 0 Å². The lowest BCUT2D eigenvalue weighted by atomic mass is 9.56. The highest BCUT2D eigenvalue weighted by atomic mass is 16.5. The Hall–Kier alpha value is -0.120. The van der Waals surface area contributed by atoms with Crippen molar-refractivity contribution < 1.29 is 9.84 Å². The van der Waals surface area contributed by atoms with Crippen LogP contribution in [-0.2, 0) is 4.74 Å². The van der Waals surface area contributed by atoms with Crippen LogP contribution in [0.1, 0.15) is 59.3 Å². The first-order valence-electron chi connectivity index (χ1n) is 7.37. The van der Waals surface area contributed by atoms with E-state index >= 15 is 0 Å². The number of hydrogen-bond acceptors (Lipinski definition) is 3. The Kier molecular flexibility index (Phi) is 3.79. The molecule has 3 nitrogen and oxygen atoms in total. The first-order chi connectivity index (χ1) is 8.33. The van der Waals surface area contributed by atoms with Crippen LogP contribution in [0.5, 0.6) is 0 Å². The third-order valence-corrected chi connectivity index (χ3v) is 5.48. The van der Waals surface area contributed by atoms with Gasteiger partial charge in [-0.3, -0.25) is 0 Å². The first-order valence-corrected chi connectivity index (χ1v) is 7.37. The Bertz CT molecular complexity index is 293. The van der Waals surface area contributed by atoms with Crippen LogP contribution in [0.4, 0.5) is 0 Å². The third kappa shape index (κ3) is 2.45. The van der Waals surface area contributed by atoms with E-state index in [2.05, 4.69) is 20.8 Å². The molecule has 1 aliphatic carbocycles. The summed E-state index contributed by atoms with van der Waals surface area (Å²) in [5.74, 6) is 0. The molecule has 2 fully saturated rings. The summed E-state index contributed by atoms with van der Waals surface area (Å²) in [6.07, 6.45) is 6.09. The normalized spacial score (nSPS) is 39.5. The van der Waals surface area contributed by atoms with Crippen molar-refractivity contribution in [2.24, 2.45) is 16.6 Å². The second-order valence-corrected chi connectivity index (χ2v) is 7.32. The van der Waals surface area contributed by atoms with Crippen LogP contribution in [0.2, 0.25) is 0 Å². The van der Waals surface area contributed by atoms with Gasteiger partial charge in [0.15, 0.2) is 0 Å². The van der Waals surface area contributed by atoms with Crippen molar-refractivity contribution in [3.63, 3.8) is 0 Å². The molecule has 3 heteroatoms. The molecular weight excluding hydrogens is 226 g/mol. The van der Waals surface area contributed by atoms with E-state index in [0.717, 1.165) is 25.7 Å². The van der Waals surface area contributed by atoms with E-state index < -0.39 is 5.60 Å². The standard InChI is InChI=1S/C15H29NO2/c1-12-10-15(17,8-9-18-12)14(11-16)6-4-13(2,3)5-7-14/h12,17H,4-11,16H2,1-3H3. The number of ether oxygens (including phenoxy) is 1. The molecule has 106 valence electrons. The fourth-order valence-electron chi connectivity index (χ4n) is 3.81. The maximum Gasteiger partial charge on any atom is 0.0762 e. The minimum atomic E-state index is -0.615. The van der Waals surface area contributed by atoms with Crippen LogP contribution in [0.25, 0.3) is 0 Å². The van der Waals surface area contributed by atoms with Crippen LogP contribution < -0.4 is 5.73 Å². The van der Waals surface area contributed by atoms with Gasteiger partial charge in [0.25, 0.3) is 0 Å². The van der Waals surface area contributed by atoms with Gasteiger partial charge in [-0.1, -0.05) is 13.8 Å². The molecule has 3 N–H and O–H groups in total. The Morgan fingerprint density at radius 2 is 1.78 bits per heavy atom. The van der Waals surface area contributed by atoms with E-state index in [9.17, 15) is 5.11 Å². The van der Waals surface area contributed by atoms with Gasteiger partial charge in [-0.15, -0.1) is 0 Å². The van der Waals surface area contributed by atoms with Crippen LogP contribution in [0.15, 0.2) is 0 Å². The monoisotopic (exact) mass is 255 g/mol. The van der Waals surface area contributed by atoms with Crippen LogP contribution >= 0.6 is 0 Å². The average Bonchev–Trinajstić information content (AvgIpc) is 2.29. The van der Waals surface area contributed by atoms with E-state index in [4.69, 9.17) is 10.5 Å². The van der Waals surface area contributed by atoms with Gasteiger partial charge >= 0.3 is 0 Å². The molecule has 1 aliphatic heterocycles. The minimum Gasteiger partial charge on any atom is -0.389 e. The second kappa shape index (κ2) is 4.77. The summed E-state index contributed by atoms with van der Waals surface area (Å²) < 4.78 is 5.59. The van der Waals surface area contributed by atoms with Crippen molar-refractivity contribution in [2.45, 2.75) is 71.0 Å².